The molecule has 0 aliphatic rings. The van der Waals surface area contributed by atoms with Crippen LogP contribution >= 0.6 is 11.6 Å². The average Bonchev–Trinajstić information content (AvgIpc) is 2.66. The number of methoxy groups -OCH3 is 2. The third-order valence-corrected chi connectivity index (χ3v) is 6.70. The summed E-state index contributed by atoms with van der Waals surface area (Å²) in [5.74, 6) is 0.336. The Kier molecular flexibility index (Phi) is 7.32. The smallest absolute Gasteiger partial charge is 0.337 e. The Morgan fingerprint density at radius 3 is 2.28 bits per heavy atom. The lowest BCUT2D eigenvalue weighted by molar-refractivity contribution is 0.0600. The lowest BCUT2D eigenvalue weighted by Gasteiger charge is -2.21. The van der Waals surface area contributed by atoms with Crippen molar-refractivity contribution < 1.29 is 22.7 Å². The summed E-state index contributed by atoms with van der Waals surface area (Å²) in [6.45, 7) is 7.75. The molecule has 0 amide bonds. The van der Waals surface area contributed by atoms with Crippen LogP contribution in [0.4, 0.5) is 0 Å². The van der Waals surface area contributed by atoms with Crippen molar-refractivity contribution in [3.63, 3.8) is 0 Å². The average molecular weight is 440 g/mol. The van der Waals surface area contributed by atoms with Crippen molar-refractivity contribution >= 4 is 27.6 Å². The van der Waals surface area contributed by atoms with Gasteiger partial charge in [-0.2, -0.15) is 0 Å². The minimum atomic E-state index is -3.99. The van der Waals surface area contributed by atoms with Gasteiger partial charge in [-0.25, -0.2) is 17.9 Å². The van der Waals surface area contributed by atoms with Crippen LogP contribution in [0.5, 0.6) is 5.75 Å². The van der Waals surface area contributed by atoms with E-state index in [1.165, 1.54) is 25.3 Å². The maximum absolute atomic E-state index is 13.0. The highest BCUT2D eigenvalue weighted by Gasteiger charge is 2.24. The number of carbonyl (C=O) groups excluding carboxylic acids is 1. The van der Waals surface area contributed by atoms with Crippen molar-refractivity contribution in [2.45, 2.75) is 44.6 Å². The van der Waals surface area contributed by atoms with Crippen molar-refractivity contribution in [2.24, 2.45) is 0 Å². The van der Waals surface area contributed by atoms with E-state index in [-0.39, 0.29) is 21.4 Å². The van der Waals surface area contributed by atoms with Gasteiger partial charge in [0.05, 0.1) is 24.8 Å². The van der Waals surface area contributed by atoms with Gasteiger partial charge in [0.2, 0.25) is 10.0 Å². The second-order valence-corrected chi connectivity index (χ2v) is 9.17. The zero-order valence-electron chi connectivity index (χ0n) is 17.4. The molecule has 6 nitrogen and oxygen atoms in total. The second-order valence-electron chi connectivity index (χ2n) is 7.09. The van der Waals surface area contributed by atoms with E-state index < -0.39 is 22.0 Å². The number of sulfonamides is 1. The summed E-state index contributed by atoms with van der Waals surface area (Å²) < 4.78 is 38.7. The topological polar surface area (TPSA) is 81.7 Å². The molecule has 0 bridgehead atoms. The third-order valence-electron chi connectivity index (χ3n) is 4.68. The van der Waals surface area contributed by atoms with Gasteiger partial charge in [-0.3, -0.25) is 0 Å². The zero-order chi connectivity index (χ0) is 21.9. The Morgan fingerprint density at radius 2 is 1.72 bits per heavy atom. The van der Waals surface area contributed by atoms with Crippen molar-refractivity contribution in [3.05, 3.63) is 57.6 Å². The van der Waals surface area contributed by atoms with Gasteiger partial charge in [-0.1, -0.05) is 25.4 Å². The van der Waals surface area contributed by atoms with Crippen LogP contribution in [0.15, 0.2) is 35.2 Å². The highest BCUT2D eigenvalue weighted by Crippen LogP contribution is 2.33. The van der Waals surface area contributed by atoms with E-state index in [0.29, 0.717) is 0 Å². The van der Waals surface area contributed by atoms with Crippen LogP contribution in [0.2, 0.25) is 5.02 Å². The molecule has 0 spiro atoms. The van der Waals surface area contributed by atoms with E-state index >= 15 is 0 Å². The molecule has 0 heterocycles. The maximum Gasteiger partial charge on any atom is 0.337 e. The first kappa shape index (κ1) is 23.2. The summed E-state index contributed by atoms with van der Waals surface area (Å²) in [5.41, 5.74) is 2.83. The van der Waals surface area contributed by atoms with E-state index in [4.69, 9.17) is 16.3 Å². The minimum absolute atomic E-state index is 0.0201. The van der Waals surface area contributed by atoms with Gasteiger partial charge >= 0.3 is 5.97 Å². The van der Waals surface area contributed by atoms with Gasteiger partial charge in [0.15, 0.2) is 0 Å². The Labute approximate surface area is 177 Å². The largest absolute Gasteiger partial charge is 0.496 e. The summed E-state index contributed by atoms with van der Waals surface area (Å²) in [5, 5.41) is 0.0201. The molecule has 29 heavy (non-hydrogen) atoms. The number of halogens is 1. The third kappa shape index (κ3) is 5.10. The minimum Gasteiger partial charge on any atom is -0.496 e. The molecule has 8 heteroatoms. The fraction of sp³-hybridized carbons (Fsp3) is 0.381. The van der Waals surface area contributed by atoms with Crippen LogP contribution in [-0.2, 0) is 14.8 Å². The van der Waals surface area contributed by atoms with Gasteiger partial charge in [-0.15, -0.1) is 0 Å². The quantitative estimate of drug-likeness (QED) is 0.637. The molecule has 0 aliphatic carbocycles. The Bertz CT molecular complexity index is 1020. The predicted octanol–water partition coefficient (Wildman–Crippen LogP) is 4.61. The number of esters is 1. The second kappa shape index (κ2) is 9.15. The molecule has 2 aromatic carbocycles. The van der Waals surface area contributed by atoms with Crippen LogP contribution in [-0.4, -0.2) is 28.6 Å². The molecule has 0 saturated carbocycles. The van der Waals surface area contributed by atoms with E-state index in [9.17, 15) is 13.2 Å². The first-order valence-electron chi connectivity index (χ1n) is 9.10. The maximum atomic E-state index is 13.0. The van der Waals surface area contributed by atoms with E-state index in [1.807, 2.05) is 32.9 Å². The molecular formula is C21H26ClNO5S. The van der Waals surface area contributed by atoms with Crippen molar-refractivity contribution in [2.75, 3.05) is 14.2 Å². The van der Waals surface area contributed by atoms with E-state index in [2.05, 4.69) is 9.46 Å². The Morgan fingerprint density at radius 1 is 1.07 bits per heavy atom. The SMILES string of the molecule is COC(=O)c1ccc(Cl)c(S(=O)(=O)NC(C)c2cc(C(C)C)c(OC)cc2C)c1. The van der Waals surface area contributed by atoms with Gasteiger partial charge in [0.1, 0.15) is 10.6 Å². The molecule has 1 atom stereocenters. The molecule has 0 aromatic heterocycles. The molecule has 0 fully saturated rings. The number of hydrogen-bond acceptors (Lipinski definition) is 5. The van der Waals surface area contributed by atoms with Crippen LogP contribution in [0, 0.1) is 6.92 Å². The van der Waals surface area contributed by atoms with E-state index in [0.717, 1.165) is 22.4 Å². The summed E-state index contributed by atoms with van der Waals surface area (Å²) in [4.78, 5) is 11.6. The number of carbonyl (C=O) groups is 1. The van der Waals surface area contributed by atoms with Crippen molar-refractivity contribution in [1.29, 1.82) is 0 Å². The lowest BCUT2D eigenvalue weighted by atomic mass is 9.94. The standard InChI is InChI=1S/C21H26ClNO5S/c1-12(2)16-11-17(13(3)9-19(16)27-5)14(4)23-29(25,26)20-10-15(21(24)28-6)7-8-18(20)22/h7-12,14,23H,1-6H3. The molecule has 1 unspecified atom stereocenters. The first-order chi connectivity index (χ1) is 13.5. The molecule has 1 N–H and O–H groups in total. The highest BCUT2D eigenvalue weighted by molar-refractivity contribution is 7.89. The van der Waals surface area contributed by atoms with Gasteiger partial charge in [-0.05, 0) is 66.8 Å². The van der Waals surface area contributed by atoms with Crippen molar-refractivity contribution in [1.82, 2.24) is 4.72 Å². The molecule has 0 aliphatic heterocycles. The number of nitrogens with one attached hydrogen (secondary N) is 1. The molecule has 0 saturated heterocycles. The first-order valence-corrected chi connectivity index (χ1v) is 11.0. The predicted molar refractivity (Wildman–Crippen MR) is 113 cm³/mol. The van der Waals surface area contributed by atoms with Gasteiger partial charge in [0.25, 0.3) is 0 Å². The fourth-order valence-corrected chi connectivity index (χ4v) is 4.87. The molecular weight excluding hydrogens is 414 g/mol. The Balaban J connectivity index is 2.44. The van der Waals surface area contributed by atoms with Gasteiger partial charge in [0, 0.05) is 6.04 Å². The fourth-order valence-electron chi connectivity index (χ4n) is 3.12. The summed E-state index contributed by atoms with van der Waals surface area (Å²) in [7, 11) is -1.15. The molecule has 158 valence electrons. The monoisotopic (exact) mass is 439 g/mol. The van der Waals surface area contributed by atoms with Gasteiger partial charge < -0.3 is 9.47 Å². The summed E-state index contributed by atoms with van der Waals surface area (Å²) in [6.07, 6.45) is 0. The number of benzene rings is 2. The molecule has 2 aromatic rings. The van der Waals surface area contributed by atoms with Crippen molar-refractivity contribution in [3.8, 4) is 5.75 Å². The Hall–Kier alpha value is -2.09. The van der Waals surface area contributed by atoms with Crippen LogP contribution in [0.1, 0.15) is 59.8 Å². The van der Waals surface area contributed by atoms with Crippen LogP contribution in [0.25, 0.3) is 0 Å². The van der Waals surface area contributed by atoms with Crippen LogP contribution in [0.3, 0.4) is 0 Å². The summed E-state index contributed by atoms with van der Waals surface area (Å²) >= 11 is 6.11. The van der Waals surface area contributed by atoms with E-state index in [1.54, 1.807) is 14.0 Å². The zero-order valence-corrected chi connectivity index (χ0v) is 18.9. The number of rotatable bonds is 7. The van der Waals surface area contributed by atoms with Crippen LogP contribution < -0.4 is 9.46 Å². The lowest BCUT2D eigenvalue weighted by Crippen LogP contribution is -2.28. The molecule has 2 rings (SSSR count). The number of ether oxygens (including phenoxy) is 2. The molecule has 0 radical (unpaired) electrons. The summed E-state index contributed by atoms with van der Waals surface area (Å²) in [6, 6.07) is 7.32. The number of hydrogen-bond donors (Lipinski definition) is 1. The normalized spacial score (nSPS) is 12.7. The number of aryl methyl sites for hydroxylation is 1. The highest BCUT2D eigenvalue weighted by atomic mass is 35.5.